The highest BCUT2D eigenvalue weighted by atomic mass is 16.3. The molecule has 0 bridgehead atoms. The van der Waals surface area contributed by atoms with Gasteiger partial charge >= 0.3 is 0 Å². The van der Waals surface area contributed by atoms with E-state index < -0.39 is 0 Å². The number of fused-ring (bicyclic) bond motifs is 20. The summed E-state index contributed by atoms with van der Waals surface area (Å²) in [6, 6.07) is 79.7. The van der Waals surface area contributed by atoms with Crippen molar-refractivity contribution in [2.45, 2.75) is 77.0 Å². The molecule has 4 aliphatic rings. The quantitative estimate of drug-likeness (QED) is 0.172. The van der Waals surface area contributed by atoms with E-state index in [1.54, 1.807) is 0 Å². The third-order valence-electron chi connectivity index (χ3n) is 19.9. The van der Waals surface area contributed by atoms with Crippen LogP contribution in [0.25, 0.3) is 111 Å². The first kappa shape index (κ1) is 46.7. The van der Waals surface area contributed by atoms with Crippen LogP contribution in [0.4, 0.5) is 17.1 Å². The van der Waals surface area contributed by atoms with Gasteiger partial charge in [-0.05, 0) is 179 Å². The summed E-state index contributed by atoms with van der Waals surface area (Å²) in [6.45, 7) is 19.3. The van der Waals surface area contributed by atoms with Gasteiger partial charge in [-0.3, -0.25) is 0 Å². The van der Waals surface area contributed by atoms with Crippen molar-refractivity contribution in [3.63, 3.8) is 0 Å². The highest BCUT2D eigenvalue weighted by Crippen LogP contribution is 2.61. The zero-order valence-corrected chi connectivity index (χ0v) is 47.0. The Morgan fingerprint density at radius 3 is 1.40 bits per heavy atom. The molecule has 0 aliphatic heterocycles. The Labute approximate surface area is 472 Å². The molecule has 81 heavy (non-hydrogen) atoms. The predicted molar refractivity (Wildman–Crippen MR) is 337 cm³/mol. The Kier molecular flexibility index (Phi) is 9.11. The van der Waals surface area contributed by atoms with Crippen molar-refractivity contribution in [3.8, 4) is 66.8 Å². The Morgan fingerprint density at radius 1 is 0.284 bits per heavy atom. The minimum absolute atomic E-state index is 0.196. The molecule has 0 unspecified atom stereocenters. The van der Waals surface area contributed by atoms with Gasteiger partial charge in [-0.25, -0.2) is 0 Å². The summed E-state index contributed by atoms with van der Waals surface area (Å²) in [5, 5.41) is 4.73. The summed E-state index contributed by atoms with van der Waals surface area (Å²) in [4.78, 5) is 2.55. The summed E-state index contributed by atoms with van der Waals surface area (Å²) in [7, 11) is 0. The van der Waals surface area contributed by atoms with E-state index in [4.69, 9.17) is 8.83 Å². The fourth-order valence-corrected chi connectivity index (χ4v) is 15.6. The number of benzene rings is 11. The average molecular weight is 1040 g/mol. The maximum atomic E-state index is 6.79. The molecule has 3 heteroatoms. The first-order valence-corrected chi connectivity index (χ1v) is 28.8. The molecule has 11 aromatic carbocycles. The maximum absolute atomic E-state index is 6.79. The Balaban J connectivity index is 0.848. The van der Waals surface area contributed by atoms with E-state index in [0.717, 1.165) is 44.8 Å². The standard InChI is InChI=1S/C78H59NO2/c1-75(2)59-34-36-70-73(53-24-16-18-26-69(53)80-70)71(59)57-42-63-55(40-65(57)75)49-30-28-47(38-61(49)77(63,5)6)79(67-35-27-46(44-19-11-9-12-20-44)37-54(67)45-21-13-10-14-22-45)48-29-31-50-56-41-66-58(43-64(56)78(7,8)62(50)39-48)72-60(76(66,3)4)33-32-52-51-23-15-17-25-68(51)81-74(52)72/h9-43H,1-8H3. The van der Waals surface area contributed by atoms with E-state index >= 15 is 0 Å². The molecule has 0 N–H and O–H groups in total. The average Bonchev–Trinajstić information content (AvgIpc) is 4.44. The first-order valence-electron chi connectivity index (χ1n) is 28.8. The normalized spacial score (nSPS) is 15.8. The van der Waals surface area contributed by atoms with E-state index in [9.17, 15) is 0 Å². The smallest absolute Gasteiger partial charge is 0.143 e. The monoisotopic (exact) mass is 1040 g/mol. The maximum Gasteiger partial charge on any atom is 0.143 e. The van der Waals surface area contributed by atoms with Crippen molar-refractivity contribution in [2.24, 2.45) is 0 Å². The van der Waals surface area contributed by atoms with Crippen LogP contribution in [-0.2, 0) is 21.7 Å². The number of rotatable bonds is 5. The molecule has 388 valence electrons. The molecule has 3 nitrogen and oxygen atoms in total. The molecule has 0 saturated carbocycles. The fourth-order valence-electron chi connectivity index (χ4n) is 15.6. The van der Waals surface area contributed by atoms with Crippen molar-refractivity contribution in [3.05, 3.63) is 257 Å². The van der Waals surface area contributed by atoms with Crippen molar-refractivity contribution in [2.75, 3.05) is 4.90 Å². The molecule has 0 saturated heterocycles. The molecule has 0 fully saturated rings. The zero-order chi connectivity index (χ0) is 54.6. The van der Waals surface area contributed by atoms with E-state index in [1.165, 1.54) is 127 Å². The lowest BCUT2D eigenvalue weighted by molar-refractivity contribution is 0.649. The van der Waals surface area contributed by atoms with Gasteiger partial charge in [0.1, 0.15) is 22.3 Å². The molecule has 2 heterocycles. The fraction of sp³-hybridized carbons (Fsp3) is 0.154. The van der Waals surface area contributed by atoms with Gasteiger partial charge in [0.2, 0.25) is 0 Å². The van der Waals surface area contributed by atoms with E-state index in [2.05, 4.69) is 273 Å². The molecule has 0 radical (unpaired) electrons. The van der Waals surface area contributed by atoms with Crippen molar-refractivity contribution < 1.29 is 8.83 Å². The van der Waals surface area contributed by atoms with Crippen LogP contribution in [-0.4, -0.2) is 0 Å². The molecule has 4 aliphatic carbocycles. The Morgan fingerprint density at radius 2 is 0.765 bits per heavy atom. The van der Waals surface area contributed by atoms with Crippen LogP contribution in [0.2, 0.25) is 0 Å². The van der Waals surface area contributed by atoms with E-state index in [0.29, 0.717) is 0 Å². The van der Waals surface area contributed by atoms with Crippen molar-refractivity contribution >= 4 is 60.9 Å². The van der Waals surface area contributed by atoms with Crippen LogP contribution in [0.3, 0.4) is 0 Å². The second kappa shape index (κ2) is 15.8. The summed E-state index contributed by atoms with van der Waals surface area (Å²) in [6.07, 6.45) is 0. The minimum atomic E-state index is -0.307. The van der Waals surface area contributed by atoms with Gasteiger partial charge in [-0.2, -0.15) is 0 Å². The molecule has 0 atom stereocenters. The van der Waals surface area contributed by atoms with Crippen LogP contribution in [0.15, 0.2) is 221 Å². The van der Waals surface area contributed by atoms with Crippen LogP contribution in [0, 0.1) is 0 Å². The SMILES string of the molecule is CC1(C)c2cc(N(c3ccc4c(c3)C(C)(C)c3cc5c(cc3-4)C(C)(C)c3ccc4oc6ccccc6c4c3-5)c3ccc(-c4ccccc4)cc3-c3ccccc3)ccc2-c2cc3c(cc21)-c1c(ccc2c1oc1ccccc12)C3(C)C. The lowest BCUT2D eigenvalue weighted by Gasteiger charge is -2.31. The predicted octanol–water partition coefficient (Wildman–Crippen LogP) is 21.5. The lowest BCUT2D eigenvalue weighted by atomic mass is 9.79. The number of nitrogens with zero attached hydrogens (tertiary/aromatic N) is 1. The highest BCUT2D eigenvalue weighted by Gasteiger charge is 2.45. The minimum Gasteiger partial charge on any atom is -0.456 e. The summed E-state index contributed by atoms with van der Waals surface area (Å²) < 4.78 is 13.3. The number of hydrogen-bond acceptors (Lipinski definition) is 3. The van der Waals surface area contributed by atoms with Gasteiger partial charge < -0.3 is 13.7 Å². The molecule has 0 amide bonds. The van der Waals surface area contributed by atoms with E-state index in [-0.39, 0.29) is 21.7 Å². The third kappa shape index (κ3) is 6.14. The van der Waals surface area contributed by atoms with Crippen molar-refractivity contribution in [1.82, 2.24) is 0 Å². The Hall–Kier alpha value is -9.18. The molecule has 13 aromatic rings. The molecule has 0 spiro atoms. The zero-order valence-electron chi connectivity index (χ0n) is 47.0. The summed E-state index contributed by atoms with van der Waals surface area (Å²) in [5.74, 6) is 0. The number of anilines is 3. The van der Waals surface area contributed by atoms with Gasteiger partial charge in [-0.1, -0.05) is 189 Å². The van der Waals surface area contributed by atoms with Crippen molar-refractivity contribution in [1.29, 1.82) is 0 Å². The first-order chi connectivity index (χ1) is 39.2. The van der Waals surface area contributed by atoms with Crippen LogP contribution < -0.4 is 4.90 Å². The van der Waals surface area contributed by atoms with Crippen LogP contribution in [0.5, 0.6) is 0 Å². The molecular formula is C78H59NO2. The lowest BCUT2D eigenvalue weighted by Crippen LogP contribution is -2.18. The number of para-hydroxylation sites is 2. The van der Waals surface area contributed by atoms with Crippen LogP contribution >= 0.6 is 0 Å². The van der Waals surface area contributed by atoms with E-state index in [1.807, 2.05) is 0 Å². The molecule has 2 aromatic heterocycles. The van der Waals surface area contributed by atoms with Crippen LogP contribution in [0.1, 0.15) is 99.9 Å². The van der Waals surface area contributed by atoms with Gasteiger partial charge in [0.05, 0.1) is 5.69 Å². The largest absolute Gasteiger partial charge is 0.456 e. The molecule has 17 rings (SSSR count). The number of hydrogen-bond donors (Lipinski definition) is 0. The van der Waals surface area contributed by atoms with Gasteiger partial charge in [0, 0.05) is 65.7 Å². The topological polar surface area (TPSA) is 29.5 Å². The second-order valence-corrected chi connectivity index (χ2v) is 25.6. The summed E-state index contributed by atoms with van der Waals surface area (Å²) >= 11 is 0. The summed E-state index contributed by atoms with van der Waals surface area (Å²) in [5.41, 5.74) is 32.1. The Bertz CT molecular complexity index is 4920. The number of furan rings is 2. The third-order valence-corrected chi connectivity index (χ3v) is 19.9. The highest BCUT2D eigenvalue weighted by molar-refractivity contribution is 6.16. The molecular weight excluding hydrogens is 983 g/mol. The van der Waals surface area contributed by atoms with Gasteiger partial charge in [0.25, 0.3) is 0 Å². The second-order valence-electron chi connectivity index (χ2n) is 25.6. The van der Waals surface area contributed by atoms with Gasteiger partial charge in [0.15, 0.2) is 0 Å². The van der Waals surface area contributed by atoms with Gasteiger partial charge in [-0.15, -0.1) is 0 Å².